The molecular formula is C22H26F2N2O3. The number of carbonyl (C=O) groups is 2. The van der Waals surface area contributed by atoms with Crippen LogP contribution in [-0.2, 0) is 9.59 Å². The van der Waals surface area contributed by atoms with Gasteiger partial charge in [0.15, 0.2) is 0 Å². The molecule has 5 nitrogen and oxygen atoms in total. The Balaban J connectivity index is 1.23. The van der Waals surface area contributed by atoms with E-state index < -0.39 is 12.5 Å². The molecule has 4 fully saturated rings. The van der Waals surface area contributed by atoms with Gasteiger partial charge in [0.25, 0.3) is 5.91 Å². The summed E-state index contributed by atoms with van der Waals surface area (Å²) in [6.45, 7) is -2.87. The summed E-state index contributed by atoms with van der Waals surface area (Å²) in [5.41, 5.74) is 5.74. The van der Waals surface area contributed by atoms with Crippen molar-refractivity contribution in [3.63, 3.8) is 0 Å². The highest BCUT2D eigenvalue weighted by molar-refractivity contribution is 5.93. The lowest BCUT2D eigenvalue weighted by molar-refractivity contribution is -0.133. The maximum absolute atomic E-state index is 12.4. The lowest BCUT2D eigenvalue weighted by Gasteiger charge is -2.56. The molecule has 0 unspecified atom stereocenters. The van der Waals surface area contributed by atoms with Gasteiger partial charge < -0.3 is 4.74 Å². The Morgan fingerprint density at radius 3 is 2.17 bits per heavy atom. The molecule has 29 heavy (non-hydrogen) atoms. The predicted octanol–water partition coefficient (Wildman–Crippen LogP) is 4.06. The summed E-state index contributed by atoms with van der Waals surface area (Å²) < 4.78 is 28.6. The average Bonchev–Trinajstić information content (AvgIpc) is 2.64. The molecule has 0 atom stereocenters. The largest absolute Gasteiger partial charge is 0.435 e. The minimum atomic E-state index is -2.87. The van der Waals surface area contributed by atoms with Crippen molar-refractivity contribution in [2.75, 3.05) is 0 Å². The monoisotopic (exact) mass is 404 g/mol. The molecule has 1 aromatic rings. The van der Waals surface area contributed by atoms with Crippen LogP contribution in [0.5, 0.6) is 5.75 Å². The van der Waals surface area contributed by atoms with E-state index in [1.165, 1.54) is 43.5 Å². The molecule has 4 aliphatic carbocycles. The van der Waals surface area contributed by atoms with E-state index in [2.05, 4.69) is 15.6 Å². The zero-order valence-corrected chi connectivity index (χ0v) is 16.2. The van der Waals surface area contributed by atoms with Crippen molar-refractivity contribution < 1.29 is 23.1 Å². The number of halogens is 2. The second kappa shape index (κ2) is 8.13. The van der Waals surface area contributed by atoms with Gasteiger partial charge in [-0.25, -0.2) is 0 Å². The third-order valence-corrected chi connectivity index (χ3v) is 6.56. The van der Waals surface area contributed by atoms with Crippen LogP contribution < -0.4 is 15.6 Å². The molecular weight excluding hydrogens is 378 g/mol. The van der Waals surface area contributed by atoms with E-state index in [1.807, 2.05) is 0 Å². The Hall–Kier alpha value is -2.44. The SMILES string of the molecule is O=C(/C=C/c1ccc(OC(F)F)cc1)NNC(=O)CC12CC3CC(CC(C3)C1)C2. The number of hydrogen-bond acceptors (Lipinski definition) is 3. The zero-order chi connectivity index (χ0) is 20.4. The topological polar surface area (TPSA) is 67.4 Å². The lowest BCUT2D eigenvalue weighted by atomic mass is 9.49. The fraction of sp³-hybridized carbons (Fsp3) is 0.545. The Morgan fingerprint density at radius 1 is 1.03 bits per heavy atom. The standard InChI is InChI=1S/C22H26F2N2O3/c23-21(24)29-18-4-1-14(2-5-18)3-6-19(27)25-26-20(28)13-22-10-15-7-16(11-22)9-17(8-15)12-22/h1-6,15-17,21H,7-13H2,(H,25,27)(H,26,28)/b6-3+. The molecule has 2 N–H and O–H groups in total. The van der Waals surface area contributed by atoms with E-state index in [9.17, 15) is 18.4 Å². The van der Waals surface area contributed by atoms with Crippen molar-refractivity contribution >= 4 is 17.9 Å². The number of rotatable bonds is 6. The molecule has 0 aliphatic heterocycles. The fourth-order valence-corrected chi connectivity index (χ4v) is 6.00. The lowest BCUT2D eigenvalue weighted by Crippen LogP contribution is -2.49. The number of hydrazine groups is 1. The molecule has 0 heterocycles. The molecule has 7 heteroatoms. The highest BCUT2D eigenvalue weighted by Gasteiger charge is 2.51. The van der Waals surface area contributed by atoms with Crippen LogP contribution in [-0.4, -0.2) is 18.4 Å². The van der Waals surface area contributed by atoms with Gasteiger partial charge in [-0.15, -0.1) is 0 Å². The van der Waals surface area contributed by atoms with Crippen molar-refractivity contribution in [1.29, 1.82) is 0 Å². The quantitative estimate of drug-likeness (QED) is 0.555. The molecule has 0 radical (unpaired) electrons. The summed E-state index contributed by atoms with van der Waals surface area (Å²) in [4.78, 5) is 24.4. The third kappa shape index (κ3) is 4.95. The summed E-state index contributed by atoms with van der Waals surface area (Å²) in [7, 11) is 0. The van der Waals surface area contributed by atoms with Gasteiger partial charge in [-0.1, -0.05) is 12.1 Å². The van der Waals surface area contributed by atoms with Crippen LogP contribution in [0, 0.1) is 23.2 Å². The minimum Gasteiger partial charge on any atom is -0.435 e. The second-order valence-electron chi connectivity index (χ2n) is 8.91. The average molecular weight is 404 g/mol. The van der Waals surface area contributed by atoms with Crippen molar-refractivity contribution in [3.05, 3.63) is 35.9 Å². The Morgan fingerprint density at radius 2 is 1.62 bits per heavy atom. The fourth-order valence-electron chi connectivity index (χ4n) is 6.00. The Labute approximate surface area is 168 Å². The van der Waals surface area contributed by atoms with E-state index in [0.717, 1.165) is 37.0 Å². The summed E-state index contributed by atoms with van der Waals surface area (Å²) in [6.07, 6.45) is 10.7. The smallest absolute Gasteiger partial charge is 0.387 e. The molecule has 1 aromatic carbocycles. The summed E-state index contributed by atoms with van der Waals surface area (Å²) in [6, 6.07) is 5.92. The first-order valence-electron chi connectivity index (χ1n) is 10.2. The van der Waals surface area contributed by atoms with Crippen LogP contribution in [0.15, 0.2) is 30.3 Å². The molecule has 4 aliphatic rings. The van der Waals surface area contributed by atoms with Crippen molar-refractivity contribution in [1.82, 2.24) is 10.9 Å². The van der Waals surface area contributed by atoms with Gasteiger partial charge >= 0.3 is 6.61 Å². The molecule has 0 aromatic heterocycles. The van der Waals surface area contributed by atoms with Crippen LogP contribution in [0.3, 0.4) is 0 Å². The zero-order valence-electron chi connectivity index (χ0n) is 16.2. The highest BCUT2D eigenvalue weighted by Crippen LogP contribution is 2.61. The second-order valence-corrected chi connectivity index (χ2v) is 8.91. The van der Waals surface area contributed by atoms with Crippen LogP contribution in [0.2, 0.25) is 0 Å². The van der Waals surface area contributed by atoms with Crippen LogP contribution >= 0.6 is 0 Å². The van der Waals surface area contributed by atoms with E-state index >= 15 is 0 Å². The van der Waals surface area contributed by atoms with Gasteiger partial charge in [0, 0.05) is 12.5 Å². The summed E-state index contributed by atoms with van der Waals surface area (Å²) in [5, 5.41) is 0. The maximum atomic E-state index is 12.4. The third-order valence-electron chi connectivity index (χ3n) is 6.56. The number of hydrogen-bond donors (Lipinski definition) is 2. The van der Waals surface area contributed by atoms with E-state index in [1.54, 1.807) is 12.1 Å². The highest BCUT2D eigenvalue weighted by atomic mass is 19.3. The number of nitrogens with one attached hydrogen (secondary N) is 2. The first-order valence-corrected chi connectivity index (χ1v) is 10.2. The van der Waals surface area contributed by atoms with Crippen LogP contribution in [0.4, 0.5) is 8.78 Å². The first kappa shape index (κ1) is 19.9. The number of benzene rings is 1. The Bertz CT molecular complexity index is 756. The number of amides is 2. The number of ether oxygens (including phenoxy) is 1. The first-order chi connectivity index (χ1) is 13.9. The van der Waals surface area contributed by atoms with E-state index in [0.29, 0.717) is 12.0 Å². The molecule has 2 amide bonds. The molecule has 4 saturated carbocycles. The van der Waals surface area contributed by atoms with Crippen LogP contribution in [0.25, 0.3) is 6.08 Å². The molecule has 4 bridgehead atoms. The van der Waals surface area contributed by atoms with E-state index in [-0.39, 0.29) is 17.1 Å². The summed E-state index contributed by atoms with van der Waals surface area (Å²) in [5.74, 6) is 1.81. The number of carbonyl (C=O) groups excluding carboxylic acids is 2. The molecule has 5 rings (SSSR count). The number of alkyl halides is 2. The Kier molecular flexibility index (Phi) is 5.56. The molecule has 156 valence electrons. The predicted molar refractivity (Wildman–Crippen MR) is 104 cm³/mol. The molecule has 0 saturated heterocycles. The van der Waals surface area contributed by atoms with Gasteiger partial charge in [0.1, 0.15) is 5.75 Å². The minimum absolute atomic E-state index is 0.0542. The normalized spacial score (nSPS) is 30.0. The maximum Gasteiger partial charge on any atom is 0.387 e. The van der Waals surface area contributed by atoms with Crippen molar-refractivity contribution in [3.8, 4) is 5.75 Å². The summed E-state index contributed by atoms with van der Waals surface area (Å²) >= 11 is 0. The van der Waals surface area contributed by atoms with Gasteiger partial charge in [-0.2, -0.15) is 8.78 Å². The van der Waals surface area contributed by atoms with Crippen molar-refractivity contribution in [2.24, 2.45) is 23.2 Å². The van der Waals surface area contributed by atoms with Crippen LogP contribution in [0.1, 0.15) is 50.5 Å². The van der Waals surface area contributed by atoms with Gasteiger partial charge in [0.05, 0.1) is 0 Å². The van der Waals surface area contributed by atoms with Gasteiger partial charge in [-0.05, 0) is 85.5 Å². The molecule has 0 spiro atoms. The van der Waals surface area contributed by atoms with Crippen molar-refractivity contribution in [2.45, 2.75) is 51.6 Å². The van der Waals surface area contributed by atoms with Gasteiger partial charge in [-0.3, -0.25) is 20.4 Å². The van der Waals surface area contributed by atoms with E-state index in [4.69, 9.17) is 0 Å². The van der Waals surface area contributed by atoms with Gasteiger partial charge in [0.2, 0.25) is 5.91 Å².